The molecule has 0 unspecified atom stereocenters. The first-order valence-electron chi connectivity index (χ1n) is 4.07. The second-order valence-electron chi connectivity index (χ2n) is 5.28. The van der Waals surface area contributed by atoms with Gasteiger partial charge in [0.1, 0.15) is 0 Å². The Morgan fingerprint density at radius 3 is 1.00 bits per heavy atom. The summed E-state index contributed by atoms with van der Waals surface area (Å²) < 4.78 is 0. The van der Waals surface area contributed by atoms with Crippen LogP contribution in [0.25, 0.3) is 0 Å². The van der Waals surface area contributed by atoms with Crippen molar-refractivity contribution in [3.8, 4) is 0 Å². The predicted molar refractivity (Wildman–Crippen MR) is 43.8 cm³/mol. The van der Waals surface area contributed by atoms with Crippen molar-refractivity contribution in [2.45, 2.75) is 47.3 Å². The van der Waals surface area contributed by atoms with Gasteiger partial charge in [-0.1, -0.05) is 41.5 Å². The molecular weight excluding hydrogens is 140 g/mol. The third-order valence-corrected chi connectivity index (χ3v) is 2.22. The molecule has 1 aliphatic heterocycles. The van der Waals surface area contributed by atoms with Gasteiger partial charge >= 0.3 is 0 Å². The highest BCUT2D eigenvalue weighted by molar-refractivity contribution is 4.96. The van der Waals surface area contributed by atoms with Gasteiger partial charge in [0.25, 0.3) is 0 Å². The van der Waals surface area contributed by atoms with Crippen molar-refractivity contribution in [1.29, 1.82) is 0 Å². The van der Waals surface area contributed by atoms with Crippen molar-refractivity contribution in [3.05, 3.63) is 0 Å². The van der Waals surface area contributed by atoms with Gasteiger partial charge in [0.05, 0.1) is 0 Å². The topological polar surface area (TPSA) is 25.1 Å². The van der Waals surface area contributed by atoms with Gasteiger partial charge in [0.2, 0.25) is 5.79 Å². The summed E-state index contributed by atoms with van der Waals surface area (Å²) in [6, 6.07) is 0. The van der Waals surface area contributed by atoms with Gasteiger partial charge in [0, 0.05) is 10.8 Å². The van der Waals surface area contributed by atoms with Gasteiger partial charge in [-0.05, 0) is 0 Å². The van der Waals surface area contributed by atoms with Crippen LogP contribution in [0.5, 0.6) is 0 Å². The molecule has 0 N–H and O–H groups in total. The van der Waals surface area contributed by atoms with E-state index in [9.17, 15) is 0 Å². The molecule has 0 bridgehead atoms. The zero-order valence-electron chi connectivity index (χ0n) is 8.32. The van der Waals surface area contributed by atoms with E-state index in [0.717, 1.165) is 0 Å². The molecule has 0 radical (unpaired) electrons. The Morgan fingerprint density at radius 1 is 0.727 bits per heavy atom. The second-order valence-corrected chi connectivity index (χ2v) is 5.28. The van der Waals surface area contributed by atoms with E-state index in [1.807, 2.05) is 0 Å². The predicted octanol–water partition coefficient (Wildman–Crippen LogP) is 2.74. The smallest absolute Gasteiger partial charge is 0.194 e. The van der Waals surface area contributed by atoms with Crippen molar-refractivity contribution < 1.29 is 9.78 Å². The Kier molecular flexibility index (Phi) is 1.63. The van der Waals surface area contributed by atoms with Crippen LogP contribution in [0.15, 0.2) is 0 Å². The maximum absolute atomic E-state index is 5.12. The van der Waals surface area contributed by atoms with Crippen LogP contribution in [0.4, 0.5) is 0 Å². The molecule has 1 heterocycles. The molecule has 1 saturated heterocycles. The van der Waals surface area contributed by atoms with Crippen LogP contribution >= 0.6 is 0 Å². The van der Waals surface area contributed by atoms with Crippen LogP contribution < -0.4 is 0 Å². The van der Waals surface area contributed by atoms with Gasteiger partial charge in [-0.15, -0.1) is 0 Å². The highest BCUT2D eigenvalue weighted by atomic mass is 17.4. The van der Waals surface area contributed by atoms with Gasteiger partial charge < -0.3 is 0 Å². The minimum Gasteiger partial charge on any atom is -0.194 e. The first-order chi connectivity index (χ1) is 4.71. The van der Waals surface area contributed by atoms with E-state index in [0.29, 0.717) is 0 Å². The molecule has 0 amide bonds. The molecule has 0 spiro atoms. The first-order valence-corrected chi connectivity index (χ1v) is 4.07. The molecule has 1 rings (SSSR count). The quantitative estimate of drug-likeness (QED) is 0.400. The Hall–Kier alpha value is -0.0800. The molecule has 0 saturated carbocycles. The fraction of sp³-hybridized carbons (Fsp3) is 1.00. The summed E-state index contributed by atoms with van der Waals surface area (Å²) in [7, 11) is 0. The minimum atomic E-state index is -0.375. The van der Waals surface area contributed by atoms with Crippen molar-refractivity contribution in [1.82, 2.24) is 0 Å². The Balaban J connectivity index is 2.85. The highest BCUT2D eigenvalue weighted by Crippen LogP contribution is 2.56. The third kappa shape index (κ3) is 1.18. The molecule has 0 atom stereocenters. The van der Waals surface area contributed by atoms with Gasteiger partial charge in [-0.2, -0.15) is 9.78 Å². The maximum atomic E-state index is 5.12. The molecule has 66 valence electrons. The molecule has 0 aromatic carbocycles. The zero-order valence-corrected chi connectivity index (χ0v) is 8.32. The molecule has 0 aliphatic carbocycles. The summed E-state index contributed by atoms with van der Waals surface area (Å²) >= 11 is 0. The van der Waals surface area contributed by atoms with E-state index in [-0.39, 0.29) is 16.6 Å². The minimum absolute atomic E-state index is 0.0469. The lowest BCUT2D eigenvalue weighted by Gasteiger charge is -2.33. The molecule has 2 heteroatoms. The monoisotopic (exact) mass is 158 g/mol. The number of rotatable bonds is 0. The van der Waals surface area contributed by atoms with Crippen LogP contribution in [0, 0.1) is 10.8 Å². The molecule has 0 aromatic rings. The Bertz CT molecular complexity index is 139. The van der Waals surface area contributed by atoms with Gasteiger partial charge in [0.15, 0.2) is 0 Å². The molecule has 1 fully saturated rings. The second kappa shape index (κ2) is 1.99. The number of hydrogen-bond acceptors (Lipinski definition) is 2. The molecule has 0 aromatic heterocycles. The lowest BCUT2D eigenvalue weighted by Crippen LogP contribution is -2.41. The van der Waals surface area contributed by atoms with Crippen LogP contribution in [0.2, 0.25) is 0 Å². The van der Waals surface area contributed by atoms with E-state index in [2.05, 4.69) is 41.5 Å². The number of hydrogen-bond donors (Lipinski definition) is 0. The summed E-state index contributed by atoms with van der Waals surface area (Å²) in [6.45, 7) is 12.8. The van der Waals surface area contributed by atoms with Crippen molar-refractivity contribution in [2.75, 3.05) is 0 Å². The van der Waals surface area contributed by atoms with E-state index < -0.39 is 0 Å². The van der Waals surface area contributed by atoms with E-state index in [1.54, 1.807) is 0 Å². The highest BCUT2D eigenvalue weighted by Gasteiger charge is 2.65. The van der Waals surface area contributed by atoms with Crippen molar-refractivity contribution >= 4 is 0 Å². The van der Waals surface area contributed by atoms with Crippen molar-refractivity contribution in [3.63, 3.8) is 0 Å². The zero-order chi connectivity index (χ0) is 8.91. The lowest BCUT2D eigenvalue weighted by atomic mass is 9.72. The molecular formula is C9H18O2. The molecule has 1 aliphatic rings. The fourth-order valence-electron chi connectivity index (χ4n) is 1.67. The Morgan fingerprint density at radius 2 is 1.00 bits per heavy atom. The van der Waals surface area contributed by atoms with E-state index in [4.69, 9.17) is 9.78 Å². The lowest BCUT2D eigenvalue weighted by molar-refractivity contribution is 0.0443. The van der Waals surface area contributed by atoms with Crippen LogP contribution in [-0.2, 0) is 9.78 Å². The van der Waals surface area contributed by atoms with E-state index in [1.165, 1.54) is 0 Å². The van der Waals surface area contributed by atoms with Gasteiger partial charge in [-0.3, -0.25) is 0 Å². The maximum Gasteiger partial charge on any atom is 0.243 e. The normalized spacial score (nSPS) is 23.5. The summed E-state index contributed by atoms with van der Waals surface area (Å²) in [5.74, 6) is -0.375. The first kappa shape index (κ1) is 9.01. The standard InChI is InChI=1S/C9H18O2/c1-7(2,3)9(10-11-9)8(4,5)6/h1-6H3. The van der Waals surface area contributed by atoms with Crippen molar-refractivity contribution in [2.24, 2.45) is 10.8 Å². The molecule has 2 nitrogen and oxygen atoms in total. The average Bonchev–Trinajstić information content (AvgIpc) is 2.31. The van der Waals surface area contributed by atoms with Crippen LogP contribution in [0.3, 0.4) is 0 Å². The largest absolute Gasteiger partial charge is 0.243 e. The fourth-order valence-corrected chi connectivity index (χ4v) is 1.67. The summed E-state index contributed by atoms with van der Waals surface area (Å²) in [6.07, 6.45) is 0. The summed E-state index contributed by atoms with van der Waals surface area (Å²) in [4.78, 5) is 10.2. The average molecular weight is 158 g/mol. The molecule has 11 heavy (non-hydrogen) atoms. The SMILES string of the molecule is CC(C)(C)C1(C(C)(C)C)OO1. The third-order valence-electron chi connectivity index (χ3n) is 2.22. The Labute approximate surface area is 68.8 Å². The van der Waals surface area contributed by atoms with Crippen LogP contribution in [-0.4, -0.2) is 5.79 Å². The van der Waals surface area contributed by atoms with Crippen LogP contribution in [0.1, 0.15) is 41.5 Å². The van der Waals surface area contributed by atoms with Gasteiger partial charge in [-0.25, -0.2) is 0 Å². The van der Waals surface area contributed by atoms with E-state index >= 15 is 0 Å². The summed E-state index contributed by atoms with van der Waals surface area (Å²) in [5, 5.41) is 0. The summed E-state index contributed by atoms with van der Waals surface area (Å²) in [5.41, 5.74) is 0.0938.